The van der Waals surface area contributed by atoms with E-state index in [9.17, 15) is 18.0 Å². The van der Waals surface area contributed by atoms with Gasteiger partial charge in [0.25, 0.3) is 5.89 Å². The van der Waals surface area contributed by atoms with Gasteiger partial charge in [-0.1, -0.05) is 17.3 Å². The summed E-state index contributed by atoms with van der Waals surface area (Å²) >= 11 is 3.24. The fourth-order valence-electron chi connectivity index (χ4n) is 2.12. The molecule has 10 heteroatoms. The summed E-state index contributed by atoms with van der Waals surface area (Å²) in [4.78, 5) is 15.9. The summed E-state index contributed by atoms with van der Waals surface area (Å²) in [6.45, 7) is -0.202. The van der Waals surface area contributed by atoms with Crippen molar-refractivity contribution in [3.63, 3.8) is 0 Å². The predicted octanol–water partition coefficient (Wildman–Crippen LogP) is 3.65. The number of hydrogen-bond donors (Lipinski definition) is 0. The molecule has 0 N–H and O–H groups in total. The minimum Gasteiger partial charge on any atom is -0.455 e. The number of alkyl halides is 3. The van der Waals surface area contributed by atoms with Crippen LogP contribution in [0.3, 0.4) is 0 Å². The Morgan fingerprint density at radius 2 is 2.20 bits per heavy atom. The zero-order chi connectivity index (χ0) is 17.9. The summed E-state index contributed by atoms with van der Waals surface area (Å²) in [6.07, 6.45) is -4.45. The summed E-state index contributed by atoms with van der Waals surface area (Å²) in [6, 6.07) is 4.63. The number of ether oxygens (including phenoxy) is 1. The summed E-state index contributed by atoms with van der Waals surface area (Å²) in [5, 5.41) is 3.43. The van der Waals surface area contributed by atoms with Gasteiger partial charge in [0.05, 0.1) is 5.56 Å². The van der Waals surface area contributed by atoms with Crippen LogP contribution in [0.25, 0.3) is 11.4 Å². The van der Waals surface area contributed by atoms with Gasteiger partial charge in [-0.2, -0.15) is 29.9 Å². The number of carbonyl (C=O) groups is 1. The third kappa shape index (κ3) is 4.69. The van der Waals surface area contributed by atoms with Crippen LogP contribution < -0.4 is 0 Å². The standard InChI is InChI=1S/C15H13F3N2O3S2/c16-15(17,18)10-3-1-2-9(6-10)13-19-12(23-20-13)7-22-14(21)11-8-24-4-5-25-11/h1-3,6,11H,4-5,7-8H2. The van der Waals surface area contributed by atoms with Crippen molar-refractivity contribution in [3.8, 4) is 11.4 Å². The van der Waals surface area contributed by atoms with Gasteiger partial charge in [-0.15, -0.1) is 11.8 Å². The van der Waals surface area contributed by atoms with Gasteiger partial charge in [0, 0.05) is 22.8 Å². The smallest absolute Gasteiger partial charge is 0.416 e. The molecule has 1 saturated heterocycles. The molecular formula is C15H13F3N2O3S2. The third-order valence-electron chi connectivity index (χ3n) is 3.33. The highest BCUT2D eigenvalue weighted by Crippen LogP contribution is 2.31. The molecule has 0 bridgehead atoms. The fraction of sp³-hybridized carbons (Fsp3) is 0.400. The normalized spacial score (nSPS) is 18.1. The van der Waals surface area contributed by atoms with Gasteiger partial charge in [-0.05, 0) is 12.1 Å². The first-order valence-corrected chi connectivity index (χ1v) is 9.50. The molecule has 5 nitrogen and oxygen atoms in total. The Bertz CT molecular complexity index is 746. The Labute approximate surface area is 149 Å². The maximum Gasteiger partial charge on any atom is 0.416 e. The summed E-state index contributed by atoms with van der Waals surface area (Å²) in [5.74, 6) is 2.30. The second-order valence-corrected chi connectivity index (χ2v) is 7.59. The van der Waals surface area contributed by atoms with E-state index in [4.69, 9.17) is 9.26 Å². The molecular weight excluding hydrogens is 377 g/mol. The molecule has 1 aliphatic rings. The molecule has 1 aromatic heterocycles. The van der Waals surface area contributed by atoms with Crippen LogP contribution in [0.4, 0.5) is 13.2 Å². The first-order chi connectivity index (χ1) is 11.9. The molecule has 0 aliphatic carbocycles. The highest BCUT2D eigenvalue weighted by atomic mass is 32.2. The third-order valence-corrected chi connectivity index (χ3v) is 6.07. The quantitative estimate of drug-likeness (QED) is 0.739. The molecule has 134 valence electrons. The molecule has 0 saturated carbocycles. The van der Waals surface area contributed by atoms with Crippen molar-refractivity contribution >= 4 is 29.5 Å². The molecule has 0 spiro atoms. The average molecular weight is 390 g/mol. The van der Waals surface area contributed by atoms with Gasteiger partial charge in [-0.3, -0.25) is 4.79 Å². The summed E-state index contributed by atoms with van der Waals surface area (Å²) in [7, 11) is 0. The predicted molar refractivity (Wildman–Crippen MR) is 88.1 cm³/mol. The fourth-order valence-corrected chi connectivity index (χ4v) is 4.65. The van der Waals surface area contributed by atoms with Crippen molar-refractivity contribution in [2.24, 2.45) is 0 Å². The average Bonchev–Trinajstić information content (AvgIpc) is 3.09. The lowest BCUT2D eigenvalue weighted by Gasteiger charge is -2.18. The van der Waals surface area contributed by atoms with Gasteiger partial charge >= 0.3 is 12.1 Å². The number of nitrogens with zero attached hydrogens (tertiary/aromatic N) is 2. The second kappa shape index (κ2) is 7.69. The van der Waals surface area contributed by atoms with Gasteiger partial charge < -0.3 is 9.26 Å². The van der Waals surface area contributed by atoms with Gasteiger partial charge in [0.2, 0.25) is 5.82 Å². The lowest BCUT2D eigenvalue weighted by atomic mass is 10.1. The van der Waals surface area contributed by atoms with Crippen molar-refractivity contribution in [1.82, 2.24) is 10.1 Å². The van der Waals surface area contributed by atoms with E-state index < -0.39 is 11.7 Å². The van der Waals surface area contributed by atoms with Crippen molar-refractivity contribution in [2.75, 3.05) is 17.3 Å². The van der Waals surface area contributed by atoms with Crippen LogP contribution in [0, 0.1) is 0 Å². The number of aromatic nitrogens is 2. The van der Waals surface area contributed by atoms with E-state index in [1.165, 1.54) is 12.1 Å². The Kier molecular flexibility index (Phi) is 5.57. The number of hydrogen-bond acceptors (Lipinski definition) is 7. The molecule has 1 aromatic carbocycles. The van der Waals surface area contributed by atoms with Gasteiger partial charge in [0.15, 0.2) is 6.61 Å². The van der Waals surface area contributed by atoms with Crippen molar-refractivity contribution in [3.05, 3.63) is 35.7 Å². The molecule has 0 amide bonds. The van der Waals surface area contributed by atoms with Crippen LogP contribution >= 0.6 is 23.5 Å². The molecule has 25 heavy (non-hydrogen) atoms. The molecule has 2 aromatic rings. The van der Waals surface area contributed by atoms with E-state index in [1.54, 1.807) is 23.5 Å². The largest absolute Gasteiger partial charge is 0.455 e. The number of rotatable bonds is 4. The van der Waals surface area contributed by atoms with E-state index in [0.29, 0.717) is 5.75 Å². The Morgan fingerprint density at radius 1 is 1.36 bits per heavy atom. The molecule has 1 atom stereocenters. The number of esters is 1. The van der Waals surface area contributed by atoms with Crippen LogP contribution in [-0.2, 0) is 22.3 Å². The Morgan fingerprint density at radius 3 is 2.92 bits per heavy atom. The topological polar surface area (TPSA) is 65.2 Å². The number of thioether (sulfide) groups is 2. The summed E-state index contributed by atoms with van der Waals surface area (Å²) in [5.41, 5.74) is -0.620. The highest BCUT2D eigenvalue weighted by Gasteiger charge is 2.31. The molecule has 1 aliphatic heterocycles. The van der Waals surface area contributed by atoms with Crippen molar-refractivity contribution in [1.29, 1.82) is 0 Å². The molecule has 1 unspecified atom stereocenters. The lowest BCUT2D eigenvalue weighted by Crippen LogP contribution is -2.26. The minimum atomic E-state index is -4.45. The van der Waals surface area contributed by atoms with E-state index >= 15 is 0 Å². The van der Waals surface area contributed by atoms with E-state index in [1.807, 2.05) is 0 Å². The highest BCUT2D eigenvalue weighted by molar-refractivity contribution is 8.07. The molecule has 1 fully saturated rings. The number of benzene rings is 1. The zero-order valence-corrected chi connectivity index (χ0v) is 14.4. The van der Waals surface area contributed by atoms with Gasteiger partial charge in [-0.25, -0.2) is 0 Å². The van der Waals surface area contributed by atoms with Crippen LogP contribution in [0.15, 0.2) is 28.8 Å². The Balaban J connectivity index is 1.63. The maximum absolute atomic E-state index is 12.7. The Hall–Kier alpha value is -1.68. The van der Waals surface area contributed by atoms with Crippen LogP contribution in [-0.4, -0.2) is 38.6 Å². The zero-order valence-electron chi connectivity index (χ0n) is 12.8. The number of carbonyl (C=O) groups excluding carboxylic acids is 1. The van der Waals surface area contributed by atoms with Crippen molar-refractivity contribution in [2.45, 2.75) is 18.0 Å². The van der Waals surface area contributed by atoms with E-state index in [-0.39, 0.29) is 35.1 Å². The van der Waals surface area contributed by atoms with Crippen LogP contribution in [0.1, 0.15) is 11.5 Å². The first kappa shape index (κ1) is 18.1. The van der Waals surface area contributed by atoms with Crippen molar-refractivity contribution < 1.29 is 27.2 Å². The van der Waals surface area contributed by atoms with E-state index in [2.05, 4.69) is 10.1 Å². The monoisotopic (exact) mass is 390 g/mol. The van der Waals surface area contributed by atoms with Crippen LogP contribution in [0.5, 0.6) is 0 Å². The molecule has 2 heterocycles. The van der Waals surface area contributed by atoms with Crippen LogP contribution in [0.2, 0.25) is 0 Å². The molecule has 0 radical (unpaired) electrons. The number of halogens is 3. The minimum absolute atomic E-state index is 0.0137. The lowest BCUT2D eigenvalue weighted by molar-refractivity contribution is -0.144. The second-order valence-electron chi connectivity index (χ2n) is 5.13. The molecule has 3 rings (SSSR count). The first-order valence-electron chi connectivity index (χ1n) is 7.29. The summed E-state index contributed by atoms with van der Waals surface area (Å²) < 4.78 is 48.3. The van der Waals surface area contributed by atoms with Gasteiger partial charge in [0.1, 0.15) is 5.25 Å². The van der Waals surface area contributed by atoms with E-state index in [0.717, 1.165) is 23.6 Å². The maximum atomic E-state index is 12.7. The SMILES string of the molecule is O=C(OCc1nc(-c2cccc(C(F)(F)F)c2)no1)C1CSCCS1.